The number of nitrogens with zero attached hydrogens (tertiary/aromatic N) is 1. The number of thiazole rings is 1. The van der Waals surface area contributed by atoms with E-state index in [4.69, 9.17) is 21.1 Å². The van der Waals surface area contributed by atoms with Crippen molar-refractivity contribution in [1.82, 2.24) is 4.98 Å². The van der Waals surface area contributed by atoms with E-state index in [0.717, 1.165) is 16.4 Å². The number of hydrogen-bond acceptors (Lipinski definition) is 4. The summed E-state index contributed by atoms with van der Waals surface area (Å²) in [6.45, 7) is 3.01. The Labute approximate surface area is 109 Å². The van der Waals surface area contributed by atoms with Crippen LogP contribution in [0.4, 0.5) is 0 Å². The average Bonchev–Trinajstić information content (AvgIpc) is 2.74. The summed E-state index contributed by atoms with van der Waals surface area (Å²) in [7, 11) is 0. The molecule has 0 saturated heterocycles. The van der Waals surface area contributed by atoms with Crippen LogP contribution in [0.25, 0.3) is 0 Å². The van der Waals surface area contributed by atoms with Gasteiger partial charge in [0.2, 0.25) is 0 Å². The Balaban J connectivity index is 2.03. The highest BCUT2D eigenvalue weighted by atomic mass is 35.5. The molecular weight excluding hydrogens is 258 g/mol. The molecule has 2 aromatic rings. The predicted octanol–water partition coefficient (Wildman–Crippen LogP) is 3.77. The number of benzene rings is 1. The van der Waals surface area contributed by atoms with E-state index in [0.29, 0.717) is 17.7 Å². The molecule has 0 unspecified atom stereocenters. The standard InChI is InChI=1S/C12H12ClNO2S/c1-2-15-10-5-3-4-6-11(10)16-8-9-7-14-12(13)17-9/h3-7H,2,8H2,1H3. The SMILES string of the molecule is CCOc1ccccc1OCc1cnc(Cl)s1. The fourth-order valence-corrected chi connectivity index (χ4v) is 2.23. The molecule has 1 aromatic heterocycles. The Kier molecular flexibility index (Phi) is 4.23. The lowest BCUT2D eigenvalue weighted by Crippen LogP contribution is -1.98. The summed E-state index contributed by atoms with van der Waals surface area (Å²) < 4.78 is 11.7. The molecule has 0 saturated carbocycles. The zero-order chi connectivity index (χ0) is 12.1. The lowest BCUT2D eigenvalue weighted by molar-refractivity contribution is 0.271. The van der Waals surface area contributed by atoms with Gasteiger partial charge >= 0.3 is 0 Å². The maximum absolute atomic E-state index is 5.75. The second kappa shape index (κ2) is 5.89. The van der Waals surface area contributed by atoms with Crippen LogP contribution < -0.4 is 9.47 Å². The monoisotopic (exact) mass is 269 g/mol. The van der Waals surface area contributed by atoms with E-state index in [1.807, 2.05) is 31.2 Å². The van der Waals surface area contributed by atoms with E-state index in [2.05, 4.69) is 4.98 Å². The normalized spacial score (nSPS) is 10.2. The van der Waals surface area contributed by atoms with Gasteiger partial charge in [-0.3, -0.25) is 0 Å². The molecule has 1 heterocycles. The molecule has 0 atom stereocenters. The van der Waals surface area contributed by atoms with Gasteiger partial charge in [0.25, 0.3) is 0 Å². The number of hydrogen-bond donors (Lipinski definition) is 0. The molecule has 0 fully saturated rings. The first-order valence-corrected chi connectivity index (χ1v) is 6.44. The molecule has 17 heavy (non-hydrogen) atoms. The van der Waals surface area contributed by atoms with Gasteiger partial charge in [-0.1, -0.05) is 23.7 Å². The van der Waals surface area contributed by atoms with Crippen LogP contribution in [-0.2, 0) is 6.61 Å². The third-order valence-electron chi connectivity index (χ3n) is 2.04. The van der Waals surface area contributed by atoms with Crippen molar-refractivity contribution in [1.29, 1.82) is 0 Å². The van der Waals surface area contributed by atoms with Gasteiger partial charge < -0.3 is 9.47 Å². The molecule has 0 aliphatic carbocycles. The highest BCUT2D eigenvalue weighted by Gasteiger charge is 2.05. The zero-order valence-corrected chi connectivity index (χ0v) is 10.9. The lowest BCUT2D eigenvalue weighted by atomic mass is 10.3. The Bertz CT molecular complexity index is 487. The van der Waals surface area contributed by atoms with Gasteiger partial charge in [0, 0.05) is 6.20 Å². The maximum atomic E-state index is 5.75. The summed E-state index contributed by atoms with van der Waals surface area (Å²) >= 11 is 7.17. The smallest absolute Gasteiger partial charge is 0.183 e. The zero-order valence-electron chi connectivity index (χ0n) is 9.35. The molecule has 0 radical (unpaired) electrons. The molecule has 5 heteroatoms. The third-order valence-corrected chi connectivity index (χ3v) is 3.13. The first kappa shape index (κ1) is 12.2. The molecule has 0 N–H and O–H groups in total. The average molecular weight is 270 g/mol. The van der Waals surface area contributed by atoms with Crippen molar-refractivity contribution >= 4 is 22.9 Å². The summed E-state index contributed by atoms with van der Waals surface area (Å²) in [5, 5.41) is 0. The van der Waals surface area contributed by atoms with Crippen LogP contribution >= 0.6 is 22.9 Å². The summed E-state index contributed by atoms with van der Waals surface area (Å²) in [6.07, 6.45) is 1.72. The van der Waals surface area contributed by atoms with Gasteiger partial charge in [0.1, 0.15) is 6.61 Å². The highest BCUT2D eigenvalue weighted by Crippen LogP contribution is 2.28. The van der Waals surface area contributed by atoms with Gasteiger partial charge in [0.15, 0.2) is 16.0 Å². The van der Waals surface area contributed by atoms with Gasteiger partial charge in [-0.25, -0.2) is 4.98 Å². The summed E-state index contributed by atoms with van der Waals surface area (Å²) in [5.74, 6) is 1.49. The van der Waals surface area contributed by atoms with Crippen molar-refractivity contribution in [3.05, 3.63) is 39.8 Å². The Morgan fingerprint density at radius 1 is 1.24 bits per heavy atom. The highest BCUT2D eigenvalue weighted by molar-refractivity contribution is 7.15. The molecule has 0 aliphatic rings. The fourth-order valence-electron chi connectivity index (χ4n) is 1.34. The first-order chi connectivity index (χ1) is 8.29. The molecule has 2 rings (SSSR count). The molecule has 0 aliphatic heterocycles. The van der Waals surface area contributed by atoms with Crippen molar-refractivity contribution < 1.29 is 9.47 Å². The van der Waals surface area contributed by atoms with Crippen molar-refractivity contribution in [3.8, 4) is 11.5 Å². The van der Waals surface area contributed by atoms with Crippen LogP contribution in [0.1, 0.15) is 11.8 Å². The van der Waals surface area contributed by atoms with E-state index in [-0.39, 0.29) is 0 Å². The minimum atomic E-state index is 0.453. The summed E-state index contributed by atoms with van der Waals surface area (Å²) in [6, 6.07) is 7.60. The molecule has 3 nitrogen and oxygen atoms in total. The van der Waals surface area contributed by atoms with Gasteiger partial charge in [-0.05, 0) is 19.1 Å². The molecule has 0 amide bonds. The number of halogens is 1. The third kappa shape index (κ3) is 3.35. The van der Waals surface area contributed by atoms with E-state index < -0.39 is 0 Å². The molecule has 90 valence electrons. The summed E-state index contributed by atoms with van der Waals surface area (Å²) in [4.78, 5) is 4.95. The van der Waals surface area contributed by atoms with Gasteiger partial charge in [-0.2, -0.15) is 0 Å². The van der Waals surface area contributed by atoms with Gasteiger partial charge in [0.05, 0.1) is 11.5 Å². The topological polar surface area (TPSA) is 31.4 Å². The van der Waals surface area contributed by atoms with Crippen molar-refractivity contribution in [2.75, 3.05) is 6.61 Å². The number of para-hydroxylation sites is 2. The van der Waals surface area contributed by atoms with E-state index >= 15 is 0 Å². The fraction of sp³-hybridized carbons (Fsp3) is 0.250. The van der Waals surface area contributed by atoms with Crippen LogP contribution in [0.3, 0.4) is 0 Å². The largest absolute Gasteiger partial charge is 0.490 e. The number of rotatable bonds is 5. The quantitative estimate of drug-likeness (QED) is 0.828. The van der Waals surface area contributed by atoms with Crippen LogP contribution in [0, 0.1) is 0 Å². The molecule has 0 bridgehead atoms. The minimum Gasteiger partial charge on any atom is -0.490 e. The summed E-state index contributed by atoms with van der Waals surface area (Å²) in [5.41, 5.74) is 0. The predicted molar refractivity (Wildman–Crippen MR) is 69.1 cm³/mol. The second-order valence-corrected chi connectivity index (χ2v) is 4.95. The van der Waals surface area contributed by atoms with Crippen LogP contribution in [0.15, 0.2) is 30.5 Å². The second-order valence-electron chi connectivity index (χ2n) is 3.25. The Morgan fingerprint density at radius 3 is 2.53 bits per heavy atom. The van der Waals surface area contributed by atoms with E-state index in [1.165, 1.54) is 11.3 Å². The van der Waals surface area contributed by atoms with E-state index in [9.17, 15) is 0 Å². The Hall–Kier alpha value is -1.26. The van der Waals surface area contributed by atoms with Gasteiger partial charge in [-0.15, -0.1) is 11.3 Å². The maximum Gasteiger partial charge on any atom is 0.183 e. The number of ether oxygens (including phenoxy) is 2. The van der Waals surface area contributed by atoms with Crippen molar-refractivity contribution in [3.63, 3.8) is 0 Å². The number of aromatic nitrogens is 1. The van der Waals surface area contributed by atoms with E-state index in [1.54, 1.807) is 6.20 Å². The minimum absolute atomic E-state index is 0.453. The molecule has 0 spiro atoms. The van der Waals surface area contributed by atoms with Crippen LogP contribution in [0.5, 0.6) is 11.5 Å². The molecular formula is C12H12ClNO2S. The van der Waals surface area contributed by atoms with Crippen LogP contribution in [-0.4, -0.2) is 11.6 Å². The molecule has 1 aromatic carbocycles. The van der Waals surface area contributed by atoms with Crippen molar-refractivity contribution in [2.45, 2.75) is 13.5 Å². The first-order valence-electron chi connectivity index (χ1n) is 5.24. The Morgan fingerprint density at radius 2 is 1.94 bits per heavy atom. The van der Waals surface area contributed by atoms with Crippen molar-refractivity contribution in [2.24, 2.45) is 0 Å². The lowest BCUT2D eigenvalue weighted by Gasteiger charge is -2.10. The van der Waals surface area contributed by atoms with Crippen LogP contribution in [0.2, 0.25) is 4.47 Å².